The first-order chi connectivity index (χ1) is 15.1. The number of piperazine rings is 1. The third-order valence-electron chi connectivity index (χ3n) is 5.83. The third kappa shape index (κ3) is 7.33. The summed E-state index contributed by atoms with van der Waals surface area (Å²) >= 11 is 0. The van der Waals surface area contributed by atoms with Gasteiger partial charge in [0.1, 0.15) is 5.82 Å². The Morgan fingerprint density at radius 2 is 1.91 bits per heavy atom. The molecule has 0 aromatic carbocycles. The van der Waals surface area contributed by atoms with Gasteiger partial charge in [-0.15, -0.1) is 24.0 Å². The van der Waals surface area contributed by atoms with Crippen LogP contribution in [-0.2, 0) is 13.1 Å². The molecule has 178 valence electrons. The minimum Gasteiger partial charge on any atom is -0.359 e. The van der Waals surface area contributed by atoms with E-state index in [2.05, 4.69) is 70.5 Å². The highest BCUT2D eigenvalue weighted by molar-refractivity contribution is 14.0. The first-order valence-electron chi connectivity index (χ1n) is 11.5. The molecule has 1 fully saturated rings. The molecule has 32 heavy (non-hydrogen) atoms. The number of nitrogens with one attached hydrogen (secondary N) is 2. The van der Waals surface area contributed by atoms with Gasteiger partial charge in [-0.25, -0.2) is 9.98 Å². The molecule has 3 heterocycles. The molecule has 0 aliphatic carbocycles. The van der Waals surface area contributed by atoms with Crippen molar-refractivity contribution in [3.8, 4) is 0 Å². The van der Waals surface area contributed by atoms with Crippen LogP contribution < -0.4 is 15.5 Å². The van der Waals surface area contributed by atoms with Gasteiger partial charge in [-0.2, -0.15) is 0 Å². The summed E-state index contributed by atoms with van der Waals surface area (Å²) in [5.74, 6) is 3.08. The fourth-order valence-corrected chi connectivity index (χ4v) is 3.85. The molecule has 0 unspecified atom stereocenters. The number of aromatic nitrogens is 2. The van der Waals surface area contributed by atoms with Gasteiger partial charge in [0.15, 0.2) is 11.7 Å². The molecule has 8 nitrogen and oxygen atoms in total. The second-order valence-electron chi connectivity index (χ2n) is 8.06. The Morgan fingerprint density at radius 3 is 2.59 bits per heavy atom. The number of rotatable bonds is 9. The SMILES string of the molecule is CCNC(=NCc1cccnc1N1CCN(C)CC1)NCc1cc(C(CC)CC)no1.I. The average Bonchev–Trinajstić information content (AvgIpc) is 3.26. The van der Waals surface area contributed by atoms with E-state index in [1.54, 1.807) is 0 Å². The number of anilines is 1. The smallest absolute Gasteiger partial charge is 0.191 e. The molecule has 0 saturated carbocycles. The summed E-state index contributed by atoms with van der Waals surface area (Å²) in [5.41, 5.74) is 2.18. The van der Waals surface area contributed by atoms with Gasteiger partial charge < -0.3 is 25.0 Å². The fraction of sp³-hybridized carbons (Fsp3) is 0.609. The van der Waals surface area contributed by atoms with Gasteiger partial charge >= 0.3 is 0 Å². The normalized spacial score (nSPS) is 15.0. The van der Waals surface area contributed by atoms with E-state index in [4.69, 9.17) is 9.52 Å². The predicted molar refractivity (Wildman–Crippen MR) is 141 cm³/mol. The van der Waals surface area contributed by atoms with Crippen LogP contribution in [0.4, 0.5) is 5.82 Å². The fourth-order valence-electron chi connectivity index (χ4n) is 3.85. The zero-order valence-corrected chi connectivity index (χ0v) is 22.1. The Bertz CT molecular complexity index is 829. The van der Waals surface area contributed by atoms with E-state index < -0.39 is 0 Å². The second-order valence-corrected chi connectivity index (χ2v) is 8.06. The molecule has 0 amide bonds. The van der Waals surface area contributed by atoms with Gasteiger partial charge in [0.25, 0.3) is 0 Å². The summed E-state index contributed by atoms with van der Waals surface area (Å²) < 4.78 is 5.53. The standard InChI is InChI=1S/C23H37N7O.HI/c1-5-18(6-2)21-15-20(31-28-21)17-27-23(24-7-3)26-16-19-9-8-10-25-22(19)30-13-11-29(4)12-14-30;/h8-10,15,18H,5-7,11-14,16-17H2,1-4H3,(H2,24,26,27);1H. The van der Waals surface area contributed by atoms with Crippen LogP contribution >= 0.6 is 24.0 Å². The monoisotopic (exact) mass is 555 g/mol. The lowest BCUT2D eigenvalue weighted by Crippen LogP contribution is -2.45. The van der Waals surface area contributed by atoms with Crippen LogP contribution in [0.15, 0.2) is 33.9 Å². The number of aliphatic imine (C=N–C) groups is 1. The molecule has 1 aliphatic heterocycles. The van der Waals surface area contributed by atoms with Crippen molar-refractivity contribution in [1.82, 2.24) is 25.7 Å². The third-order valence-corrected chi connectivity index (χ3v) is 5.83. The van der Waals surface area contributed by atoms with E-state index in [-0.39, 0.29) is 24.0 Å². The van der Waals surface area contributed by atoms with Crippen LogP contribution in [-0.4, -0.2) is 60.8 Å². The van der Waals surface area contributed by atoms with Crippen molar-refractivity contribution in [3.05, 3.63) is 41.4 Å². The number of hydrogen-bond acceptors (Lipinski definition) is 6. The van der Waals surface area contributed by atoms with Crippen molar-refractivity contribution in [2.45, 2.75) is 52.6 Å². The topological polar surface area (TPSA) is 81.8 Å². The van der Waals surface area contributed by atoms with Gasteiger partial charge in [-0.3, -0.25) is 0 Å². The van der Waals surface area contributed by atoms with E-state index in [9.17, 15) is 0 Å². The molecular weight excluding hydrogens is 517 g/mol. The lowest BCUT2D eigenvalue weighted by Gasteiger charge is -2.34. The number of halogens is 1. The molecule has 0 bridgehead atoms. The van der Waals surface area contributed by atoms with Gasteiger partial charge in [0.05, 0.1) is 18.8 Å². The maximum Gasteiger partial charge on any atom is 0.191 e. The molecule has 1 saturated heterocycles. The first-order valence-corrected chi connectivity index (χ1v) is 11.5. The maximum atomic E-state index is 5.53. The van der Waals surface area contributed by atoms with Crippen molar-refractivity contribution >= 4 is 35.8 Å². The largest absolute Gasteiger partial charge is 0.359 e. The van der Waals surface area contributed by atoms with Crippen LogP contribution in [0.25, 0.3) is 0 Å². The van der Waals surface area contributed by atoms with Crippen molar-refractivity contribution in [3.63, 3.8) is 0 Å². The van der Waals surface area contributed by atoms with Crippen molar-refractivity contribution < 1.29 is 4.52 Å². The Hall–Kier alpha value is -1.88. The summed E-state index contributed by atoms with van der Waals surface area (Å²) in [7, 11) is 2.16. The highest BCUT2D eigenvalue weighted by Gasteiger charge is 2.18. The van der Waals surface area contributed by atoms with E-state index in [0.29, 0.717) is 19.0 Å². The van der Waals surface area contributed by atoms with Crippen LogP contribution in [0.5, 0.6) is 0 Å². The van der Waals surface area contributed by atoms with Crippen LogP contribution in [0.2, 0.25) is 0 Å². The predicted octanol–water partition coefficient (Wildman–Crippen LogP) is 3.60. The second kappa shape index (κ2) is 13.6. The number of pyridine rings is 1. The van der Waals surface area contributed by atoms with E-state index >= 15 is 0 Å². The lowest BCUT2D eigenvalue weighted by atomic mass is 9.99. The zero-order valence-electron chi connectivity index (χ0n) is 19.8. The van der Waals surface area contributed by atoms with Crippen molar-refractivity contribution in [2.24, 2.45) is 4.99 Å². The highest BCUT2D eigenvalue weighted by Crippen LogP contribution is 2.22. The summed E-state index contributed by atoms with van der Waals surface area (Å²) in [5, 5.41) is 10.9. The van der Waals surface area contributed by atoms with Crippen LogP contribution in [0.1, 0.15) is 56.5 Å². The van der Waals surface area contributed by atoms with Crippen molar-refractivity contribution in [1.29, 1.82) is 0 Å². The Labute approximate surface area is 209 Å². The van der Waals surface area contributed by atoms with Crippen LogP contribution in [0, 0.1) is 0 Å². The summed E-state index contributed by atoms with van der Waals surface area (Å²) in [6, 6.07) is 6.16. The molecule has 1 aliphatic rings. The van der Waals surface area contributed by atoms with Gasteiger partial charge in [-0.1, -0.05) is 25.1 Å². The van der Waals surface area contributed by atoms with Crippen molar-refractivity contribution in [2.75, 3.05) is 44.7 Å². The maximum absolute atomic E-state index is 5.53. The molecule has 2 N–H and O–H groups in total. The zero-order chi connectivity index (χ0) is 22.1. The lowest BCUT2D eigenvalue weighted by molar-refractivity contribution is 0.312. The number of guanidine groups is 1. The molecule has 3 rings (SSSR count). The highest BCUT2D eigenvalue weighted by atomic mass is 127. The number of hydrogen-bond donors (Lipinski definition) is 2. The minimum atomic E-state index is 0. The average molecular weight is 556 g/mol. The van der Waals surface area contributed by atoms with Gasteiger partial charge in [0.2, 0.25) is 0 Å². The first kappa shape index (κ1) is 26.4. The van der Waals surface area contributed by atoms with Gasteiger partial charge in [0, 0.05) is 56.5 Å². The van der Waals surface area contributed by atoms with E-state index in [1.807, 2.05) is 12.3 Å². The summed E-state index contributed by atoms with van der Waals surface area (Å²) in [4.78, 5) is 14.2. The minimum absolute atomic E-state index is 0. The van der Waals surface area contributed by atoms with Crippen LogP contribution in [0.3, 0.4) is 0 Å². The Kier molecular flexibility index (Phi) is 11.2. The molecule has 2 aromatic heterocycles. The molecule has 2 aromatic rings. The quantitative estimate of drug-likeness (QED) is 0.278. The number of likely N-dealkylation sites (N-methyl/N-ethyl adjacent to an activating group) is 1. The summed E-state index contributed by atoms with van der Waals surface area (Å²) in [6.07, 6.45) is 4.01. The van der Waals surface area contributed by atoms with E-state index in [1.165, 1.54) is 0 Å². The molecule has 0 atom stereocenters. The van der Waals surface area contributed by atoms with Gasteiger partial charge in [-0.05, 0) is 32.9 Å². The van der Waals surface area contributed by atoms with E-state index in [0.717, 1.165) is 74.4 Å². The molecular formula is C23H38IN7O. The Morgan fingerprint density at radius 1 is 1.16 bits per heavy atom. The molecule has 9 heteroatoms. The Balaban J connectivity index is 0.00000363. The summed E-state index contributed by atoms with van der Waals surface area (Å²) in [6.45, 7) is 12.4. The molecule has 0 radical (unpaired) electrons. The number of nitrogens with zero attached hydrogens (tertiary/aromatic N) is 5. The molecule has 0 spiro atoms.